The molecule has 5 nitrogen and oxygen atoms in total. The predicted octanol–water partition coefficient (Wildman–Crippen LogP) is 5.04. The van der Waals surface area contributed by atoms with Crippen LogP contribution in [0.3, 0.4) is 0 Å². The van der Waals surface area contributed by atoms with E-state index in [0.29, 0.717) is 12.1 Å². The van der Waals surface area contributed by atoms with Gasteiger partial charge in [0.25, 0.3) is 0 Å². The summed E-state index contributed by atoms with van der Waals surface area (Å²) in [6, 6.07) is 10.2. The predicted molar refractivity (Wildman–Crippen MR) is 102 cm³/mol. The van der Waals surface area contributed by atoms with Crippen molar-refractivity contribution in [2.75, 3.05) is 12.4 Å². The summed E-state index contributed by atoms with van der Waals surface area (Å²) in [6.07, 6.45) is -1.86. The van der Waals surface area contributed by atoms with E-state index in [1.165, 1.54) is 18.2 Å². The van der Waals surface area contributed by atoms with Gasteiger partial charge in [0.1, 0.15) is 17.3 Å². The quantitative estimate of drug-likeness (QED) is 0.583. The number of halogens is 4. The summed E-state index contributed by atoms with van der Waals surface area (Å²) in [7, 11) is 1.78. The molecule has 0 fully saturated rings. The number of benzene rings is 1. The zero-order valence-corrected chi connectivity index (χ0v) is 15.7. The van der Waals surface area contributed by atoms with Crippen molar-refractivity contribution in [3.8, 4) is 5.75 Å². The number of nitrogens with one attached hydrogen (secondary N) is 1. The molecule has 0 amide bonds. The van der Waals surface area contributed by atoms with E-state index >= 15 is 0 Å². The van der Waals surface area contributed by atoms with Gasteiger partial charge in [-0.2, -0.15) is 5.10 Å². The second-order valence-corrected chi connectivity index (χ2v) is 6.24. The Balaban J connectivity index is 1.73. The van der Waals surface area contributed by atoms with Gasteiger partial charge in [0, 0.05) is 18.9 Å². The van der Waals surface area contributed by atoms with Crippen LogP contribution in [0.2, 0.25) is 0 Å². The lowest BCUT2D eigenvalue weighted by Crippen LogP contribution is -2.16. The Labute approximate surface area is 164 Å². The molecule has 0 aliphatic rings. The first-order chi connectivity index (χ1) is 13.7. The van der Waals surface area contributed by atoms with Crippen LogP contribution in [0.15, 0.2) is 48.7 Å². The molecule has 2 aromatic heterocycles. The molecule has 3 aromatic rings. The third-order valence-corrected chi connectivity index (χ3v) is 4.05. The molecule has 29 heavy (non-hydrogen) atoms. The summed E-state index contributed by atoms with van der Waals surface area (Å²) in [6.45, 7) is 2.24. The molecule has 1 N–H and O–H groups in total. The van der Waals surface area contributed by atoms with Crippen LogP contribution in [0, 0.1) is 6.92 Å². The molecule has 2 heterocycles. The van der Waals surface area contributed by atoms with Gasteiger partial charge in [-0.1, -0.05) is 18.2 Å². The summed E-state index contributed by atoms with van der Waals surface area (Å²) in [5.41, 5.74) is 2.19. The summed E-state index contributed by atoms with van der Waals surface area (Å²) in [4.78, 5) is 4.23. The lowest BCUT2D eigenvalue weighted by molar-refractivity contribution is -0.274. The van der Waals surface area contributed by atoms with Gasteiger partial charge in [0.05, 0.1) is 6.54 Å². The van der Waals surface area contributed by atoms with Crippen LogP contribution in [-0.4, -0.2) is 28.2 Å². The third kappa shape index (κ3) is 5.56. The second kappa shape index (κ2) is 8.34. The molecule has 1 aromatic carbocycles. The highest BCUT2D eigenvalue weighted by atomic mass is 19.4. The standard InChI is InChI=1S/C20H18F4N4O/c1-13-9-18(27-28(13)12-15-5-8-19(25-2)26-11-15)17(21)10-14-3-6-16(7-4-14)29-20(22,23)24/h3-11H,12H2,1-2H3,(H,25,26)/b17-10-. The molecule has 0 aliphatic carbocycles. The summed E-state index contributed by atoms with van der Waals surface area (Å²) in [5.74, 6) is -0.222. The minimum Gasteiger partial charge on any atom is -0.406 e. The Morgan fingerprint density at radius 2 is 1.90 bits per heavy atom. The maximum atomic E-state index is 14.6. The number of ether oxygens (including phenoxy) is 1. The van der Waals surface area contributed by atoms with Crippen molar-refractivity contribution in [2.45, 2.75) is 19.8 Å². The largest absolute Gasteiger partial charge is 0.573 e. The molecule has 9 heteroatoms. The van der Waals surface area contributed by atoms with Crippen molar-refractivity contribution < 1.29 is 22.3 Å². The van der Waals surface area contributed by atoms with Crippen LogP contribution < -0.4 is 10.1 Å². The van der Waals surface area contributed by atoms with Crippen molar-refractivity contribution >= 4 is 17.7 Å². The number of hydrogen-bond donors (Lipinski definition) is 1. The van der Waals surface area contributed by atoms with Crippen LogP contribution in [0.1, 0.15) is 22.5 Å². The SMILES string of the molecule is CNc1ccc(Cn2nc(/C(F)=C/c3ccc(OC(F)(F)F)cc3)cc2C)cn1. The van der Waals surface area contributed by atoms with Gasteiger partial charge >= 0.3 is 6.36 Å². The van der Waals surface area contributed by atoms with Crippen LogP contribution in [0.4, 0.5) is 23.4 Å². The molecule has 0 spiro atoms. The van der Waals surface area contributed by atoms with Crippen LogP contribution in [-0.2, 0) is 6.54 Å². The number of alkyl halides is 3. The average molecular weight is 406 g/mol. The maximum absolute atomic E-state index is 14.6. The van der Waals surface area contributed by atoms with E-state index in [9.17, 15) is 17.6 Å². The van der Waals surface area contributed by atoms with E-state index in [2.05, 4.69) is 20.1 Å². The monoisotopic (exact) mass is 406 g/mol. The fourth-order valence-corrected chi connectivity index (χ4v) is 2.61. The normalized spacial score (nSPS) is 12.1. The lowest BCUT2D eigenvalue weighted by atomic mass is 10.2. The van der Waals surface area contributed by atoms with Gasteiger partial charge < -0.3 is 10.1 Å². The maximum Gasteiger partial charge on any atom is 0.573 e. The van der Waals surface area contributed by atoms with E-state index in [1.807, 2.05) is 19.1 Å². The highest BCUT2D eigenvalue weighted by Crippen LogP contribution is 2.25. The van der Waals surface area contributed by atoms with Crippen molar-refractivity contribution in [1.29, 1.82) is 0 Å². The van der Waals surface area contributed by atoms with Crippen LogP contribution in [0.5, 0.6) is 5.75 Å². The van der Waals surface area contributed by atoms with Gasteiger partial charge in [-0.25, -0.2) is 9.37 Å². The number of nitrogens with zero attached hydrogens (tertiary/aromatic N) is 3. The molecule has 152 valence electrons. The number of aryl methyl sites for hydroxylation is 1. The number of hydrogen-bond acceptors (Lipinski definition) is 4. The van der Waals surface area contributed by atoms with Gasteiger partial charge in [-0.05, 0) is 48.4 Å². The Morgan fingerprint density at radius 3 is 2.48 bits per heavy atom. The van der Waals surface area contributed by atoms with Crippen molar-refractivity contribution in [3.05, 3.63) is 71.2 Å². The lowest BCUT2D eigenvalue weighted by Gasteiger charge is -2.08. The van der Waals surface area contributed by atoms with Crippen molar-refractivity contribution in [2.24, 2.45) is 0 Å². The number of pyridine rings is 1. The van der Waals surface area contributed by atoms with Crippen LogP contribution in [0.25, 0.3) is 11.9 Å². The smallest absolute Gasteiger partial charge is 0.406 e. The zero-order chi connectivity index (χ0) is 21.0. The van der Waals surface area contributed by atoms with E-state index in [-0.39, 0.29) is 11.4 Å². The molecule has 0 saturated heterocycles. The van der Waals surface area contributed by atoms with Crippen molar-refractivity contribution in [3.63, 3.8) is 0 Å². The Hall–Kier alpha value is -3.36. The summed E-state index contributed by atoms with van der Waals surface area (Å²) in [5, 5.41) is 7.20. The first-order valence-corrected chi connectivity index (χ1v) is 8.64. The second-order valence-electron chi connectivity index (χ2n) is 6.24. The summed E-state index contributed by atoms with van der Waals surface area (Å²) >= 11 is 0. The third-order valence-electron chi connectivity index (χ3n) is 4.05. The summed E-state index contributed by atoms with van der Waals surface area (Å²) < 4.78 is 56.6. The van der Waals surface area contributed by atoms with Gasteiger partial charge in [-0.15, -0.1) is 13.2 Å². The molecule has 0 bridgehead atoms. The van der Waals surface area contributed by atoms with Gasteiger partial charge in [-0.3, -0.25) is 4.68 Å². The molecule has 0 saturated carbocycles. The molecule has 3 rings (SSSR count). The Morgan fingerprint density at radius 1 is 1.17 bits per heavy atom. The molecule has 0 atom stereocenters. The van der Waals surface area contributed by atoms with E-state index in [0.717, 1.165) is 29.2 Å². The molecular formula is C20H18F4N4O. The fraction of sp³-hybridized carbons (Fsp3) is 0.200. The highest BCUT2D eigenvalue weighted by molar-refractivity contribution is 5.75. The highest BCUT2D eigenvalue weighted by Gasteiger charge is 2.30. The van der Waals surface area contributed by atoms with E-state index in [4.69, 9.17) is 0 Å². The Bertz CT molecular complexity index is 993. The Kier molecular flexibility index (Phi) is 5.86. The minimum atomic E-state index is -4.77. The van der Waals surface area contributed by atoms with Gasteiger partial charge in [0.2, 0.25) is 0 Å². The molecule has 0 aliphatic heterocycles. The number of rotatable bonds is 6. The number of anilines is 1. The number of aromatic nitrogens is 3. The molecular weight excluding hydrogens is 388 g/mol. The molecule has 0 unspecified atom stereocenters. The topological polar surface area (TPSA) is 52.0 Å². The molecule has 0 radical (unpaired) electrons. The van der Waals surface area contributed by atoms with E-state index < -0.39 is 12.2 Å². The van der Waals surface area contributed by atoms with E-state index in [1.54, 1.807) is 24.0 Å². The zero-order valence-electron chi connectivity index (χ0n) is 15.7. The minimum absolute atomic E-state index is 0.137. The average Bonchev–Trinajstić information content (AvgIpc) is 3.03. The van der Waals surface area contributed by atoms with Gasteiger partial charge in [0.15, 0.2) is 5.83 Å². The fourth-order valence-electron chi connectivity index (χ4n) is 2.61. The van der Waals surface area contributed by atoms with Crippen molar-refractivity contribution in [1.82, 2.24) is 14.8 Å². The van der Waals surface area contributed by atoms with Crippen LogP contribution >= 0.6 is 0 Å². The first-order valence-electron chi connectivity index (χ1n) is 8.64. The first kappa shape index (κ1) is 20.4.